The van der Waals surface area contributed by atoms with Crippen LogP contribution in [-0.4, -0.2) is 20.3 Å². The number of fused-ring (bicyclic) bond motifs is 2. The van der Waals surface area contributed by atoms with Crippen LogP contribution in [0.25, 0.3) is 27.1 Å². The fraction of sp³-hybridized carbons (Fsp3) is 0. The SMILES string of the molecule is O=C(Nc1ccc(-c2cn3cccnc3n2)cc1)c1cc2ccccc2s1. The predicted molar refractivity (Wildman–Crippen MR) is 108 cm³/mol. The molecular weight excluding hydrogens is 356 g/mol. The first-order chi connectivity index (χ1) is 13.3. The maximum atomic E-state index is 12.5. The molecule has 1 N–H and O–H groups in total. The highest BCUT2D eigenvalue weighted by Gasteiger charge is 2.11. The van der Waals surface area contributed by atoms with Crippen LogP contribution in [0.5, 0.6) is 0 Å². The number of nitrogens with one attached hydrogen (secondary N) is 1. The van der Waals surface area contributed by atoms with Crippen molar-refractivity contribution in [3.05, 3.63) is 84.1 Å². The summed E-state index contributed by atoms with van der Waals surface area (Å²) in [4.78, 5) is 22.0. The van der Waals surface area contributed by atoms with Crippen LogP contribution in [0.2, 0.25) is 0 Å². The van der Waals surface area contributed by atoms with Gasteiger partial charge in [-0.15, -0.1) is 11.3 Å². The second-order valence-electron chi connectivity index (χ2n) is 6.13. The Morgan fingerprint density at radius 1 is 1.04 bits per heavy atom. The van der Waals surface area contributed by atoms with E-state index in [1.54, 1.807) is 6.20 Å². The lowest BCUT2D eigenvalue weighted by molar-refractivity contribution is 0.103. The lowest BCUT2D eigenvalue weighted by Gasteiger charge is -2.04. The summed E-state index contributed by atoms with van der Waals surface area (Å²) in [6.45, 7) is 0. The number of amides is 1. The summed E-state index contributed by atoms with van der Waals surface area (Å²) < 4.78 is 2.99. The van der Waals surface area contributed by atoms with E-state index in [2.05, 4.69) is 15.3 Å². The van der Waals surface area contributed by atoms with E-state index in [1.807, 2.05) is 77.5 Å². The van der Waals surface area contributed by atoms with Crippen LogP contribution in [0.3, 0.4) is 0 Å². The van der Waals surface area contributed by atoms with Gasteiger partial charge < -0.3 is 5.32 Å². The fourth-order valence-electron chi connectivity index (χ4n) is 2.98. The summed E-state index contributed by atoms with van der Waals surface area (Å²) in [5, 5.41) is 4.04. The Labute approximate surface area is 159 Å². The van der Waals surface area contributed by atoms with Gasteiger partial charge in [0.05, 0.1) is 10.6 Å². The maximum Gasteiger partial charge on any atom is 0.265 e. The first-order valence-corrected chi connectivity index (χ1v) is 9.28. The van der Waals surface area contributed by atoms with E-state index < -0.39 is 0 Å². The van der Waals surface area contributed by atoms with Gasteiger partial charge in [-0.1, -0.05) is 30.3 Å². The Balaban J connectivity index is 1.37. The van der Waals surface area contributed by atoms with Gasteiger partial charge in [-0.25, -0.2) is 9.97 Å². The van der Waals surface area contributed by atoms with Crippen LogP contribution < -0.4 is 5.32 Å². The zero-order chi connectivity index (χ0) is 18.2. The number of carbonyl (C=O) groups excluding carboxylic acids is 1. The molecule has 2 aromatic carbocycles. The van der Waals surface area contributed by atoms with Crippen LogP contribution in [0.1, 0.15) is 9.67 Å². The number of aromatic nitrogens is 3. The van der Waals surface area contributed by atoms with Gasteiger partial charge >= 0.3 is 0 Å². The van der Waals surface area contributed by atoms with Gasteiger partial charge in [-0.2, -0.15) is 0 Å². The molecule has 0 saturated heterocycles. The molecule has 0 radical (unpaired) electrons. The predicted octanol–water partition coefficient (Wildman–Crippen LogP) is 4.86. The molecule has 1 amide bonds. The Morgan fingerprint density at radius 2 is 1.89 bits per heavy atom. The van der Waals surface area contributed by atoms with Gasteiger partial charge in [-0.05, 0) is 35.7 Å². The topological polar surface area (TPSA) is 59.3 Å². The van der Waals surface area contributed by atoms with Crippen molar-refractivity contribution in [2.45, 2.75) is 0 Å². The fourth-order valence-corrected chi connectivity index (χ4v) is 3.94. The van der Waals surface area contributed by atoms with Crippen LogP contribution in [0.15, 0.2) is 79.3 Å². The molecule has 3 aromatic heterocycles. The second kappa shape index (κ2) is 6.34. The molecule has 0 atom stereocenters. The normalized spacial score (nSPS) is 11.1. The molecule has 5 rings (SSSR count). The minimum atomic E-state index is -0.0964. The molecule has 130 valence electrons. The van der Waals surface area contributed by atoms with Crippen molar-refractivity contribution in [2.75, 3.05) is 5.32 Å². The van der Waals surface area contributed by atoms with Crippen molar-refractivity contribution in [2.24, 2.45) is 0 Å². The van der Waals surface area contributed by atoms with Crippen molar-refractivity contribution < 1.29 is 4.79 Å². The number of hydrogen-bond donors (Lipinski definition) is 1. The van der Waals surface area contributed by atoms with Crippen molar-refractivity contribution in [1.82, 2.24) is 14.4 Å². The van der Waals surface area contributed by atoms with Crippen molar-refractivity contribution in [3.8, 4) is 11.3 Å². The largest absolute Gasteiger partial charge is 0.321 e. The lowest BCUT2D eigenvalue weighted by Crippen LogP contribution is -2.09. The Kier molecular flexibility index (Phi) is 3.69. The number of rotatable bonds is 3. The van der Waals surface area contributed by atoms with Gasteiger partial charge in [0, 0.05) is 34.5 Å². The number of imidazole rings is 1. The smallest absolute Gasteiger partial charge is 0.265 e. The highest BCUT2D eigenvalue weighted by molar-refractivity contribution is 7.20. The number of anilines is 1. The molecule has 6 heteroatoms. The monoisotopic (exact) mass is 370 g/mol. The molecule has 0 aliphatic heterocycles. The third-order valence-electron chi connectivity index (χ3n) is 4.32. The van der Waals surface area contributed by atoms with E-state index in [9.17, 15) is 4.79 Å². The average molecular weight is 370 g/mol. The Morgan fingerprint density at radius 3 is 2.70 bits per heavy atom. The van der Waals surface area contributed by atoms with E-state index in [0.717, 1.165) is 27.0 Å². The van der Waals surface area contributed by atoms with E-state index in [0.29, 0.717) is 10.7 Å². The molecule has 0 unspecified atom stereocenters. The molecule has 5 aromatic rings. The number of carbonyl (C=O) groups is 1. The summed E-state index contributed by atoms with van der Waals surface area (Å²) in [6, 6.07) is 19.5. The van der Waals surface area contributed by atoms with Crippen molar-refractivity contribution >= 4 is 38.8 Å². The third kappa shape index (κ3) is 2.96. The Hall–Kier alpha value is -3.51. The van der Waals surface area contributed by atoms with E-state index >= 15 is 0 Å². The average Bonchev–Trinajstić information content (AvgIpc) is 3.32. The molecule has 5 nitrogen and oxygen atoms in total. The molecule has 0 bridgehead atoms. The molecule has 0 fully saturated rings. The zero-order valence-electron chi connectivity index (χ0n) is 14.2. The maximum absolute atomic E-state index is 12.5. The van der Waals surface area contributed by atoms with Crippen LogP contribution in [0.4, 0.5) is 5.69 Å². The number of benzene rings is 2. The molecule has 0 aliphatic rings. The summed E-state index contributed by atoms with van der Waals surface area (Å²) in [5.41, 5.74) is 2.57. The van der Waals surface area contributed by atoms with Gasteiger partial charge in [0.1, 0.15) is 0 Å². The van der Waals surface area contributed by atoms with E-state index in [4.69, 9.17) is 0 Å². The summed E-state index contributed by atoms with van der Waals surface area (Å²) >= 11 is 1.50. The van der Waals surface area contributed by atoms with E-state index in [1.165, 1.54) is 11.3 Å². The van der Waals surface area contributed by atoms with Crippen LogP contribution in [0, 0.1) is 0 Å². The summed E-state index contributed by atoms with van der Waals surface area (Å²) in [6.07, 6.45) is 5.57. The van der Waals surface area contributed by atoms with Gasteiger partial charge in [0.25, 0.3) is 5.91 Å². The van der Waals surface area contributed by atoms with Crippen LogP contribution >= 0.6 is 11.3 Å². The highest BCUT2D eigenvalue weighted by atomic mass is 32.1. The standard InChI is InChI=1S/C21H14N4OS/c26-20(19-12-15-4-1-2-5-18(15)27-19)23-16-8-6-14(7-9-16)17-13-25-11-3-10-22-21(25)24-17/h1-13H,(H,23,26). The lowest BCUT2D eigenvalue weighted by atomic mass is 10.1. The second-order valence-corrected chi connectivity index (χ2v) is 7.22. The van der Waals surface area contributed by atoms with Crippen molar-refractivity contribution in [3.63, 3.8) is 0 Å². The minimum absolute atomic E-state index is 0.0964. The van der Waals surface area contributed by atoms with Crippen LogP contribution in [-0.2, 0) is 0 Å². The molecule has 0 aliphatic carbocycles. The third-order valence-corrected chi connectivity index (χ3v) is 5.44. The quantitative estimate of drug-likeness (QED) is 0.493. The number of thiophene rings is 1. The van der Waals surface area contributed by atoms with E-state index in [-0.39, 0.29) is 5.91 Å². The minimum Gasteiger partial charge on any atom is -0.321 e. The number of nitrogens with zero attached hydrogens (tertiary/aromatic N) is 3. The van der Waals surface area contributed by atoms with Crippen molar-refractivity contribution in [1.29, 1.82) is 0 Å². The first kappa shape index (κ1) is 15.7. The summed E-state index contributed by atoms with van der Waals surface area (Å²) in [7, 11) is 0. The molecular formula is C21H14N4OS. The summed E-state index contributed by atoms with van der Waals surface area (Å²) in [5.74, 6) is 0.565. The molecule has 27 heavy (non-hydrogen) atoms. The Bertz CT molecular complexity index is 1200. The molecule has 3 heterocycles. The number of hydrogen-bond acceptors (Lipinski definition) is 4. The van der Waals surface area contributed by atoms with Gasteiger partial charge in [0.2, 0.25) is 5.78 Å². The highest BCUT2D eigenvalue weighted by Crippen LogP contribution is 2.26. The van der Waals surface area contributed by atoms with Gasteiger partial charge in [0.15, 0.2) is 0 Å². The van der Waals surface area contributed by atoms with Gasteiger partial charge in [-0.3, -0.25) is 9.20 Å². The zero-order valence-corrected chi connectivity index (χ0v) is 15.0. The molecule has 0 spiro atoms. The molecule has 0 saturated carbocycles. The first-order valence-electron chi connectivity index (χ1n) is 8.46.